The van der Waals surface area contributed by atoms with E-state index >= 15 is 0 Å². The third kappa shape index (κ3) is 2.09. The van der Waals surface area contributed by atoms with Gasteiger partial charge in [-0.05, 0) is 0 Å². The molecule has 0 amide bonds. The molecular formula is C9H14N4S. The Morgan fingerprint density at radius 3 is 2.86 bits per heavy atom. The lowest BCUT2D eigenvalue weighted by atomic mass is 10.4. The fourth-order valence-corrected chi connectivity index (χ4v) is 2.51. The fraction of sp³-hybridized carbons (Fsp3) is 0.556. The van der Waals surface area contributed by atoms with E-state index in [0.29, 0.717) is 10.9 Å². The van der Waals surface area contributed by atoms with Gasteiger partial charge in [-0.2, -0.15) is 11.8 Å². The van der Waals surface area contributed by atoms with E-state index in [1.807, 2.05) is 11.8 Å². The largest absolute Gasteiger partial charge is 0.396 e. The van der Waals surface area contributed by atoms with E-state index in [1.54, 1.807) is 12.4 Å². The number of nitrogens with two attached hydrogens (primary N) is 1. The molecule has 0 bridgehead atoms. The van der Waals surface area contributed by atoms with Crippen molar-refractivity contribution in [3.63, 3.8) is 0 Å². The minimum Gasteiger partial charge on any atom is -0.396 e. The summed E-state index contributed by atoms with van der Waals surface area (Å²) in [6.07, 6.45) is 3.32. The van der Waals surface area contributed by atoms with Crippen molar-refractivity contribution in [2.75, 3.05) is 29.5 Å². The number of anilines is 2. The predicted molar refractivity (Wildman–Crippen MR) is 60.6 cm³/mol. The van der Waals surface area contributed by atoms with Crippen LogP contribution < -0.4 is 10.6 Å². The van der Waals surface area contributed by atoms with Crippen LogP contribution in [0.25, 0.3) is 0 Å². The van der Waals surface area contributed by atoms with E-state index in [2.05, 4.69) is 21.8 Å². The van der Waals surface area contributed by atoms with E-state index in [1.165, 1.54) is 0 Å². The molecule has 1 aromatic heterocycles. The molecule has 0 aliphatic carbocycles. The summed E-state index contributed by atoms with van der Waals surface area (Å²) in [5.41, 5.74) is 6.15. The van der Waals surface area contributed by atoms with E-state index in [4.69, 9.17) is 5.73 Å². The quantitative estimate of drug-likeness (QED) is 0.749. The lowest BCUT2D eigenvalue weighted by Crippen LogP contribution is -2.37. The summed E-state index contributed by atoms with van der Waals surface area (Å²) in [4.78, 5) is 10.6. The summed E-state index contributed by atoms with van der Waals surface area (Å²) in [7, 11) is 0. The molecule has 1 aliphatic heterocycles. The Labute approximate surface area is 87.9 Å². The Hall–Kier alpha value is -0.970. The molecule has 1 aromatic rings. The Morgan fingerprint density at radius 2 is 2.21 bits per heavy atom. The first-order valence-corrected chi connectivity index (χ1v) is 5.74. The zero-order chi connectivity index (χ0) is 9.97. The maximum Gasteiger partial charge on any atom is 0.225 e. The molecule has 0 saturated carbocycles. The molecule has 76 valence electrons. The minimum atomic E-state index is 0.619. The second-order valence-electron chi connectivity index (χ2n) is 3.44. The van der Waals surface area contributed by atoms with E-state index in [0.717, 1.165) is 24.8 Å². The minimum absolute atomic E-state index is 0.619. The Kier molecular flexibility index (Phi) is 2.77. The van der Waals surface area contributed by atoms with E-state index in [-0.39, 0.29) is 0 Å². The first-order chi connectivity index (χ1) is 6.75. The summed E-state index contributed by atoms with van der Waals surface area (Å²) < 4.78 is 0. The molecule has 2 rings (SSSR count). The molecule has 14 heavy (non-hydrogen) atoms. The number of nitrogens with zero attached hydrogens (tertiary/aromatic N) is 3. The lowest BCUT2D eigenvalue weighted by Gasteiger charge is -2.30. The number of nitrogen functional groups attached to an aromatic ring is 1. The first kappa shape index (κ1) is 9.58. The molecule has 2 heterocycles. The number of hydrogen-bond acceptors (Lipinski definition) is 5. The number of aromatic nitrogens is 2. The standard InChI is InChI=1S/C9H14N4S/c1-7-6-13(2-3-14-7)9-11-4-8(10)5-12-9/h4-5,7H,2-3,6,10H2,1H3. The van der Waals surface area contributed by atoms with Crippen molar-refractivity contribution in [1.29, 1.82) is 0 Å². The molecule has 2 N–H and O–H groups in total. The highest BCUT2D eigenvalue weighted by Gasteiger charge is 2.18. The van der Waals surface area contributed by atoms with Gasteiger partial charge in [-0.1, -0.05) is 6.92 Å². The highest BCUT2D eigenvalue weighted by molar-refractivity contribution is 8.00. The van der Waals surface area contributed by atoms with Crippen molar-refractivity contribution >= 4 is 23.4 Å². The molecule has 1 unspecified atom stereocenters. The zero-order valence-electron chi connectivity index (χ0n) is 8.18. The van der Waals surface area contributed by atoms with Crippen molar-refractivity contribution < 1.29 is 0 Å². The summed E-state index contributed by atoms with van der Waals surface area (Å²) in [5, 5.41) is 0.657. The van der Waals surface area contributed by atoms with Gasteiger partial charge in [0.05, 0.1) is 18.1 Å². The summed E-state index contributed by atoms with van der Waals surface area (Å²) in [5.74, 6) is 1.95. The van der Waals surface area contributed by atoms with E-state index in [9.17, 15) is 0 Å². The predicted octanol–water partition coefficient (Wildman–Crippen LogP) is 1.00. The monoisotopic (exact) mass is 210 g/mol. The van der Waals surface area contributed by atoms with Gasteiger partial charge in [-0.3, -0.25) is 0 Å². The van der Waals surface area contributed by atoms with Crippen molar-refractivity contribution in [1.82, 2.24) is 9.97 Å². The van der Waals surface area contributed by atoms with Gasteiger partial charge in [-0.15, -0.1) is 0 Å². The van der Waals surface area contributed by atoms with Crippen LogP contribution in [0.2, 0.25) is 0 Å². The van der Waals surface area contributed by atoms with Crippen LogP contribution in [0.15, 0.2) is 12.4 Å². The van der Waals surface area contributed by atoms with Gasteiger partial charge in [0.2, 0.25) is 5.95 Å². The number of hydrogen-bond donors (Lipinski definition) is 1. The molecule has 1 fully saturated rings. The van der Waals surface area contributed by atoms with Crippen LogP contribution in [-0.4, -0.2) is 34.1 Å². The summed E-state index contributed by atoms with van der Waals surface area (Å²) in [6.45, 7) is 4.28. The van der Waals surface area contributed by atoms with E-state index < -0.39 is 0 Å². The van der Waals surface area contributed by atoms with Gasteiger partial charge in [-0.25, -0.2) is 9.97 Å². The van der Waals surface area contributed by atoms with Crippen LogP contribution in [0.4, 0.5) is 11.6 Å². The molecule has 1 saturated heterocycles. The normalized spacial score (nSPS) is 22.4. The molecule has 0 spiro atoms. The maximum atomic E-state index is 5.54. The van der Waals surface area contributed by atoms with Crippen molar-refractivity contribution in [3.05, 3.63) is 12.4 Å². The lowest BCUT2D eigenvalue weighted by molar-refractivity contribution is 0.755. The average Bonchev–Trinajstić information content (AvgIpc) is 2.19. The molecule has 5 heteroatoms. The van der Waals surface area contributed by atoms with Gasteiger partial charge in [0.1, 0.15) is 0 Å². The van der Waals surface area contributed by atoms with Crippen LogP contribution in [0.3, 0.4) is 0 Å². The van der Waals surface area contributed by atoms with Crippen molar-refractivity contribution in [3.8, 4) is 0 Å². The number of thioether (sulfide) groups is 1. The highest BCUT2D eigenvalue weighted by atomic mass is 32.2. The Morgan fingerprint density at radius 1 is 1.50 bits per heavy atom. The Balaban J connectivity index is 2.10. The number of rotatable bonds is 1. The van der Waals surface area contributed by atoms with Gasteiger partial charge in [0, 0.05) is 24.1 Å². The first-order valence-electron chi connectivity index (χ1n) is 4.70. The summed E-state index contributed by atoms with van der Waals surface area (Å²) in [6, 6.07) is 0. The maximum absolute atomic E-state index is 5.54. The van der Waals surface area contributed by atoms with Gasteiger partial charge in [0.25, 0.3) is 0 Å². The third-order valence-electron chi connectivity index (χ3n) is 2.18. The average molecular weight is 210 g/mol. The zero-order valence-corrected chi connectivity index (χ0v) is 9.00. The van der Waals surface area contributed by atoms with Gasteiger partial charge >= 0.3 is 0 Å². The summed E-state index contributed by atoms with van der Waals surface area (Å²) >= 11 is 2.00. The molecule has 0 aromatic carbocycles. The molecule has 1 atom stereocenters. The third-order valence-corrected chi connectivity index (χ3v) is 3.32. The topological polar surface area (TPSA) is 55.0 Å². The van der Waals surface area contributed by atoms with Crippen LogP contribution >= 0.6 is 11.8 Å². The second-order valence-corrected chi connectivity index (χ2v) is 4.99. The van der Waals surface area contributed by atoms with Crippen LogP contribution in [0.5, 0.6) is 0 Å². The van der Waals surface area contributed by atoms with Crippen LogP contribution in [-0.2, 0) is 0 Å². The SMILES string of the molecule is CC1CN(c2ncc(N)cn2)CCS1. The van der Waals surface area contributed by atoms with Crippen LogP contribution in [0.1, 0.15) is 6.92 Å². The molecule has 4 nitrogen and oxygen atoms in total. The Bertz CT molecular complexity index is 300. The molecule has 1 aliphatic rings. The smallest absolute Gasteiger partial charge is 0.225 e. The molecular weight excluding hydrogens is 196 g/mol. The highest BCUT2D eigenvalue weighted by Crippen LogP contribution is 2.20. The molecule has 0 radical (unpaired) electrons. The second kappa shape index (κ2) is 4.04. The van der Waals surface area contributed by atoms with Crippen molar-refractivity contribution in [2.45, 2.75) is 12.2 Å². The van der Waals surface area contributed by atoms with Gasteiger partial charge in [0.15, 0.2) is 0 Å². The fourth-order valence-electron chi connectivity index (χ4n) is 1.49. The van der Waals surface area contributed by atoms with Crippen molar-refractivity contribution in [2.24, 2.45) is 0 Å². The van der Waals surface area contributed by atoms with Gasteiger partial charge < -0.3 is 10.6 Å². The van der Waals surface area contributed by atoms with Crippen LogP contribution in [0, 0.1) is 0 Å².